The summed E-state index contributed by atoms with van der Waals surface area (Å²) in [4.78, 5) is 9.60. The Bertz CT molecular complexity index is 1640. The standard InChI is InChI=1S/C20H24N2.C12H2Cl6O4.Ni/c1-13-9-7-10-14(2)19(13)21-17(5)18(6)22-20-15(3)11-8-12-16(20)4;13-1-2(14)4(16)10-9(3(1)15)21-11-5(17)7(19)8(20)6(18)12(11)22-10;/h7-12H,1-6H3;19-20H;/q;;+2/p-2. The predicted octanol–water partition coefficient (Wildman–Crippen LogP) is 11.5. The fourth-order valence-corrected chi connectivity index (χ4v) is 5.54. The van der Waals surface area contributed by atoms with Crippen LogP contribution in [0.2, 0.25) is 30.1 Å². The first kappa shape index (κ1) is 37.1. The van der Waals surface area contributed by atoms with E-state index in [4.69, 9.17) is 89.1 Å². The zero-order valence-electron chi connectivity index (χ0n) is 24.6. The van der Waals surface area contributed by atoms with Crippen molar-refractivity contribution in [3.05, 3.63) is 88.8 Å². The third-order valence-electron chi connectivity index (χ3n) is 6.76. The molecule has 0 spiro atoms. The molecular weight excluding hydrogens is 748 g/mol. The topological polar surface area (TPSA) is 89.3 Å². The van der Waals surface area contributed by atoms with Crippen molar-refractivity contribution >= 4 is 92.4 Å². The molecule has 0 bridgehead atoms. The van der Waals surface area contributed by atoms with Crippen molar-refractivity contribution in [1.29, 1.82) is 0 Å². The van der Waals surface area contributed by atoms with Gasteiger partial charge in [-0.2, -0.15) is 0 Å². The molecule has 0 aliphatic carbocycles. The monoisotopic (exact) mass is 768 g/mol. The fraction of sp³-hybridized carbons (Fsp3) is 0.188. The van der Waals surface area contributed by atoms with Gasteiger partial charge in [-0.3, -0.25) is 9.98 Å². The van der Waals surface area contributed by atoms with Gasteiger partial charge in [-0.1, -0.05) is 118 Å². The number of benzene rings is 4. The minimum absolute atomic E-state index is 0. The second kappa shape index (κ2) is 15.0. The zero-order chi connectivity index (χ0) is 32.6. The van der Waals surface area contributed by atoms with Gasteiger partial charge < -0.3 is 19.7 Å². The van der Waals surface area contributed by atoms with Gasteiger partial charge in [-0.05, 0) is 63.8 Å². The molecule has 0 aromatic heterocycles. The smallest absolute Gasteiger partial charge is 0.872 e. The largest absolute Gasteiger partial charge is 2.00 e. The van der Waals surface area contributed by atoms with E-state index in [2.05, 4.69) is 64.1 Å². The number of aliphatic imine (C=N–C) groups is 2. The van der Waals surface area contributed by atoms with Gasteiger partial charge in [-0.15, -0.1) is 0 Å². The van der Waals surface area contributed by atoms with Crippen molar-refractivity contribution in [2.75, 3.05) is 0 Å². The molecule has 0 amide bonds. The minimum Gasteiger partial charge on any atom is -0.872 e. The van der Waals surface area contributed by atoms with Gasteiger partial charge in [0.05, 0.1) is 42.9 Å². The van der Waals surface area contributed by atoms with E-state index in [0.29, 0.717) is 0 Å². The molecule has 13 heteroatoms. The van der Waals surface area contributed by atoms with Crippen molar-refractivity contribution in [1.82, 2.24) is 0 Å². The van der Waals surface area contributed by atoms with Crippen molar-refractivity contribution in [3.63, 3.8) is 0 Å². The van der Waals surface area contributed by atoms with Gasteiger partial charge in [0.15, 0.2) is 23.0 Å². The molecule has 0 unspecified atom stereocenters. The van der Waals surface area contributed by atoms with Crippen LogP contribution in [0.15, 0.2) is 46.4 Å². The molecule has 1 heterocycles. The third-order valence-corrected chi connectivity index (χ3v) is 9.22. The average Bonchev–Trinajstić information content (AvgIpc) is 3.00. The van der Waals surface area contributed by atoms with E-state index >= 15 is 0 Å². The fourth-order valence-electron chi connectivity index (χ4n) is 4.23. The number of ether oxygens (including phenoxy) is 2. The number of aryl methyl sites for hydroxylation is 4. The third kappa shape index (κ3) is 7.47. The average molecular weight is 772 g/mol. The summed E-state index contributed by atoms with van der Waals surface area (Å²) in [5, 5.41) is 22.0. The van der Waals surface area contributed by atoms with Crippen LogP contribution in [0.5, 0.6) is 34.5 Å². The first-order chi connectivity index (χ1) is 20.6. The van der Waals surface area contributed by atoms with E-state index in [9.17, 15) is 10.2 Å². The van der Waals surface area contributed by atoms with E-state index in [1.54, 1.807) is 0 Å². The molecular formula is C32H24Cl6N2NiO4. The predicted molar refractivity (Wildman–Crippen MR) is 179 cm³/mol. The van der Waals surface area contributed by atoms with Gasteiger partial charge >= 0.3 is 16.5 Å². The van der Waals surface area contributed by atoms with Gasteiger partial charge in [0.25, 0.3) is 0 Å². The first-order valence-corrected chi connectivity index (χ1v) is 15.3. The maximum atomic E-state index is 11.7. The van der Waals surface area contributed by atoms with E-state index < -0.39 is 21.5 Å². The number of fused-ring (bicyclic) bond motifs is 2. The molecule has 0 atom stereocenters. The molecule has 0 saturated carbocycles. The van der Waals surface area contributed by atoms with Crippen LogP contribution in [-0.4, -0.2) is 11.4 Å². The van der Waals surface area contributed by atoms with Gasteiger partial charge in [0.1, 0.15) is 10.0 Å². The van der Waals surface area contributed by atoms with Gasteiger partial charge in [0.2, 0.25) is 0 Å². The Hall–Kier alpha value is -2.35. The zero-order valence-corrected chi connectivity index (χ0v) is 30.1. The second-order valence-corrected chi connectivity index (χ2v) is 12.2. The molecule has 238 valence electrons. The van der Waals surface area contributed by atoms with Crippen LogP contribution < -0.4 is 19.7 Å². The SMILES string of the molecule is CC(=Nc1c(C)cccc1C)C(C)=Nc1c(C)cccc1C.[Ni+2].[O-]c1c([O-])c(Cl)c2c(c1Cl)Oc1c(Cl)c(Cl)c(Cl)c(Cl)c1O2. The quantitative estimate of drug-likeness (QED) is 0.0790. The van der Waals surface area contributed by atoms with Crippen LogP contribution in [0.3, 0.4) is 0 Å². The van der Waals surface area contributed by atoms with E-state index in [1.807, 2.05) is 13.8 Å². The Morgan fingerprint density at radius 2 is 0.778 bits per heavy atom. The maximum Gasteiger partial charge on any atom is 2.00 e. The number of halogens is 6. The summed E-state index contributed by atoms with van der Waals surface area (Å²) >= 11 is 35.5. The molecule has 4 aromatic rings. The Morgan fingerprint density at radius 1 is 0.511 bits per heavy atom. The Balaban J connectivity index is 0.000000240. The van der Waals surface area contributed by atoms with E-state index in [0.717, 1.165) is 22.8 Å². The number of hydrogen-bond donors (Lipinski definition) is 0. The molecule has 6 nitrogen and oxygen atoms in total. The Kier molecular flexibility index (Phi) is 12.4. The summed E-state index contributed by atoms with van der Waals surface area (Å²) in [6.45, 7) is 12.4. The van der Waals surface area contributed by atoms with E-state index in [-0.39, 0.29) is 59.6 Å². The van der Waals surface area contributed by atoms with E-state index in [1.165, 1.54) is 22.3 Å². The van der Waals surface area contributed by atoms with Crippen LogP contribution in [0, 0.1) is 27.7 Å². The number of hydrogen-bond acceptors (Lipinski definition) is 6. The Morgan fingerprint density at radius 3 is 1.07 bits per heavy atom. The van der Waals surface area contributed by atoms with Gasteiger partial charge in [-0.25, -0.2) is 0 Å². The van der Waals surface area contributed by atoms with Crippen LogP contribution in [0.25, 0.3) is 0 Å². The molecule has 4 aromatic carbocycles. The van der Waals surface area contributed by atoms with Crippen LogP contribution in [0.4, 0.5) is 11.4 Å². The van der Waals surface area contributed by atoms with Crippen molar-refractivity contribution < 1.29 is 36.2 Å². The minimum atomic E-state index is -1.03. The van der Waals surface area contributed by atoms with Gasteiger partial charge in [0, 0.05) is 0 Å². The normalized spacial score (nSPS) is 12.2. The van der Waals surface area contributed by atoms with Crippen LogP contribution in [0.1, 0.15) is 36.1 Å². The van der Waals surface area contributed by atoms with Crippen molar-refractivity contribution in [2.45, 2.75) is 41.5 Å². The number of para-hydroxylation sites is 2. The summed E-state index contributed by atoms with van der Waals surface area (Å²) in [5.74, 6) is -2.74. The molecule has 45 heavy (non-hydrogen) atoms. The summed E-state index contributed by atoms with van der Waals surface area (Å²) in [5.41, 5.74) is 8.80. The molecule has 5 rings (SSSR count). The summed E-state index contributed by atoms with van der Waals surface area (Å²) in [6.07, 6.45) is 0. The van der Waals surface area contributed by atoms with Crippen LogP contribution >= 0.6 is 69.6 Å². The summed E-state index contributed by atoms with van der Waals surface area (Å²) in [7, 11) is 0. The molecule has 1 aliphatic rings. The molecule has 0 fully saturated rings. The number of nitrogens with zero attached hydrogens (tertiary/aromatic N) is 2. The van der Waals surface area contributed by atoms with Crippen molar-refractivity contribution in [2.24, 2.45) is 9.98 Å². The molecule has 0 N–H and O–H groups in total. The van der Waals surface area contributed by atoms with Crippen molar-refractivity contribution in [3.8, 4) is 34.5 Å². The molecule has 1 aliphatic heterocycles. The second-order valence-electron chi connectivity index (χ2n) is 9.94. The first-order valence-electron chi connectivity index (χ1n) is 13.0. The number of rotatable bonds is 3. The molecule has 0 saturated heterocycles. The summed E-state index contributed by atoms with van der Waals surface area (Å²) < 4.78 is 10.9. The Labute approximate surface area is 301 Å². The molecule has 0 radical (unpaired) electrons. The maximum absolute atomic E-state index is 11.7. The van der Waals surface area contributed by atoms with Crippen LogP contribution in [-0.2, 0) is 16.5 Å². The summed E-state index contributed by atoms with van der Waals surface area (Å²) in [6, 6.07) is 12.5.